The van der Waals surface area contributed by atoms with Crippen molar-refractivity contribution in [1.29, 1.82) is 0 Å². The van der Waals surface area contributed by atoms with Crippen LogP contribution in [0.3, 0.4) is 0 Å². The van der Waals surface area contributed by atoms with E-state index < -0.39 is 35.3 Å². The van der Waals surface area contributed by atoms with Crippen molar-refractivity contribution in [3.8, 4) is 5.75 Å². The van der Waals surface area contributed by atoms with Gasteiger partial charge in [0.1, 0.15) is 12.1 Å². The molecular weight excluding hydrogens is 314 g/mol. The highest BCUT2D eigenvalue weighted by Crippen LogP contribution is 2.28. The second-order valence-electron chi connectivity index (χ2n) is 5.51. The van der Waals surface area contributed by atoms with Gasteiger partial charge in [0.25, 0.3) is 11.5 Å². The van der Waals surface area contributed by atoms with Crippen molar-refractivity contribution < 1.29 is 19.8 Å². The number of aryl methyl sites for hydroxylation is 1. The molecule has 0 aliphatic carbocycles. The molecule has 1 aromatic carbocycles. The van der Waals surface area contributed by atoms with Gasteiger partial charge in [-0.15, -0.1) is 0 Å². The van der Waals surface area contributed by atoms with E-state index in [0.29, 0.717) is 11.0 Å². The van der Waals surface area contributed by atoms with Crippen LogP contribution in [0.5, 0.6) is 5.75 Å². The molecule has 0 radical (unpaired) electrons. The number of hydrogen-bond acceptors (Lipinski definition) is 4. The van der Waals surface area contributed by atoms with Gasteiger partial charge >= 0.3 is 5.97 Å². The first kappa shape index (κ1) is 15.6. The molecule has 124 valence electrons. The lowest BCUT2D eigenvalue weighted by molar-refractivity contribution is -0.137. The summed E-state index contributed by atoms with van der Waals surface area (Å²) in [6.07, 6.45) is 0. The normalized spacial score (nSPS) is 11.1. The van der Waals surface area contributed by atoms with E-state index in [2.05, 4.69) is 0 Å². The van der Waals surface area contributed by atoms with Crippen LogP contribution in [0.25, 0.3) is 16.4 Å². The van der Waals surface area contributed by atoms with Crippen LogP contribution in [0, 0.1) is 0 Å². The monoisotopic (exact) mass is 329 g/mol. The third kappa shape index (κ3) is 2.19. The predicted molar refractivity (Wildman–Crippen MR) is 86.4 cm³/mol. The number of aromatic hydroxyl groups is 1. The fourth-order valence-corrected chi connectivity index (χ4v) is 2.77. The van der Waals surface area contributed by atoms with Gasteiger partial charge in [0.2, 0.25) is 0 Å². The fourth-order valence-electron chi connectivity index (χ4n) is 2.77. The van der Waals surface area contributed by atoms with Crippen molar-refractivity contribution >= 4 is 28.3 Å². The van der Waals surface area contributed by atoms with Gasteiger partial charge in [0.15, 0.2) is 11.3 Å². The average molecular weight is 329 g/mol. The van der Waals surface area contributed by atoms with Gasteiger partial charge in [-0.2, -0.15) is 0 Å². The molecule has 0 aliphatic rings. The van der Waals surface area contributed by atoms with E-state index in [9.17, 15) is 19.5 Å². The van der Waals surface area contributed by atoms with Crippen molar-refractivity contribution in [2.24, 2.45) is 7.05 Å². The van der Waals surface area contributed by atoms with Gasteiger partial charge in [-0.05, 0) is 12.1 Å². The van der Waals surface area contributed by atoms with Gasteiger partial charge in [-0.3, -0.25) is 14.4 Å². The molecular formula is C16H15N3O5. The zero-order chi connectivity index (χ0) is 17.6. The van der Waals surface area contributed by atoms with Crippen molar-refractivity contribution in [3.63, 3.8) is 0 Å². The number of hydrogen-bond donors (Lipinski definition) is 2. The fraction of sp³-hybridized carbons (Fsp3) is 0.188. The summed E-state index contributed by atoms with van der Waals surface area (Å²) < 4.78 is 2.74. The number of likely N-dealkylation sites (N-methyl/N-ethyl adjacent to an activating group) is 1. The van der Waals surface area contributed by atoms with Crippen LogP contribution >= 0.6 is 0 Å². The van der Waals surface area contributed by atoms with E-state index in [1.54, 1.807) is 18.2 Å². The van der Waals surface area contributed by atoms with Crippen LogP contribution in [0.1, 0.15) is 10.4 Å². The molecule has 0 fully saturated rings. The number of carboxylic acid groups (broad SMARTS) is 1. The molecule has 2 heterocycles. The summed E-state index contributed by atoms with van der Waals surface area (Å²) in [6, 6.07) is 8.90. The highest BCUT2D eigenvalue weighted by atomic mass is 16.4. The molecule has 0 aliphatic heterocycles. The summed E-state index contributed by atoms with van der Waals surface area (Å²) in [4.78, 5) is 36.6. The lowest BCUT2D eigenvalue weighted by Gasteiger charge is -2.16. The third-order valence-electron chi connectivity index (χ3n) is 3.91. The molecule has 8 nitrogen and oxygen atoms in total. The molecule has 3 aromatic rings. The second-order valence-corrected chi connectivity index (χ2v) is 5.51. The zero-order valence-electron chi connectivity index (χ0n) is 13.1. The Bertz CT molecular complexity index is 1050. The van der Waals surface area contributed by atoms with Crippen molar-refractivity contribution in [2.45, 2.75) is 0 Å². The largest absolute Gasteiger partial charge is 0.505 e. The third-order valence-corrected chi connectivity index (χ3v) is 3.91. The zero-order valence-corrected chi connectivity index (χ0v) is 13.1. The first-order valence-electron chi connectivity index (χ1n) is 7.12. The Kier molecular flexibility index (Phi) is 3.52. The van der Waals surface area contributed by atoms with Gasteiger partial charge in [0.05, 0.1) is 5.52 Å². The number of rotatable bonds is 3. The van der Waals surface area contributed by atoms with Crippen LogP contribution < -0.4 is 5.56 Å². The minimum Gasteiger partial charge on any atom is -0.505 e. The Balaban J connectivity index is 2.31. The summed E-state index contributed by atoms with van der Waals surface area (Å²) in [5, 5.41) is 20.1. The maximum Gasteiger partial charge on any atom is 0.323 e. The minimum atomic E-state index is -1.21. The predicted octanol–water partition coefficient (Wildman–Crippen LogP) is 0.653. The van der Waals surface area contributed by atoms with Crippen LogP contribution in [0.2, 0.25) is 0 Å². The van der Waals surface area contributed by atoms with Gasteiger partial charge in [-0.1, -0.05) is 18.2 Å². The standard InChI is InChI=1S/C16H15N3O5/c1-17(8-12(20)21)15(23)13-14(22)11-7-9-5-3-4-6-10(9)19(11)18(2)16(13)24/h3-7,22H,8H2,1-2H3,(H,20,21). The highest BCUT2D eigenvalue weighted by molar-refractivity contribution is 6.01. The Morgan fingerprint density at radius 3 is 2.54 bits per heavy atom. The van der Waals surface area contributed by atoms with E-state index in [0.717, 1.165) is 10.3 Å². The molecule has 2 N–H and O–H groups in total. The Labute approximate surface area is 135 Å². The van der Waals surface area contributed by atoms with Crippen LogP contribution in [0.15, 0.2) is 35.1 Å². The molecule has 0 saturated heterocycles. The first-order chi connectivity index (χ1) is 11.3. The number of aliphatic carboxylic acids is 1. The first-order valence-corrected chi connectivity index (χ1v) is 7.12. The summed E-state index contributed by atoms with van der Waals surface area (Å²) in [7, 11) is 2.74. The lowest BCUT2D eigenvalue weighted by atomic mass is 10.2. The Morgan fingerprint density at radius 2 is 1.88 bits per heavy atom. The maximum atomic E-state index is 12.6. The molecule has 3 rings (SSSR count). The molecule has 0 saturated carbocycles. The molecule has 2 aromatic heterocycles. The quantitative estimate of drug-likeness (QED) is 0.734. The lowest BCUT2D eigenvalue weighted by Crippen LogP contribution is -2.38. The average Bonchev–Trinajstić information content (AvgIpc) is 2.92. The van der Waals surface area contributed by atoms with Crippen LogP contribution in [0.4, 0.5) is 0 Å². The van der Waals surface area contributed by atoms with Crippen LogP contribution in [-0.2, 0) is 11.8 Å². The Morgan fingerprint density at radius 1 is 1.21 bits per heavy atom. The number of para-hydroxylation sites is 1. The molecule has 0 bridgehead atoms. The summed E-state index contributed by atoms with van der Waals surface area (Å²) in [5.41, 5.74) is -0.147. The SMILES string of the molecule is CN(CC(=O)O)C(=O)c1c(O)c2cc3ccccc3n2n(C)c1=O. The van der Waals surface area contributed by atoms with E-state index in [4.69, 9.17) is 5.11 Å². The summed E-state index contributed by atoms with van der Waals surface area (Å²) in [6.45, 7) is -0.574. The van der Waals surface area contributed by atoms with Crippen molar-refractivity contribution in [1.82, 2.24) is 14.1 Å². The number of carbonyl (C=O) groups excluding carboxylic acids is 1. The van der Waals surface area contributed by atoms with Crippen LogP contribution in [-0.4, -0.2) is 49.8 Å². The molecule has 1 amide bonds. The summed E-state index contributed by atoms with van der Waals surface area (Å²) >= 11 is 0. The van der Waals surface area contributed by atoms with Gasteiger partial charge < -0.3 is 15.1 Å². The molecule has 24 heavy (non-hydrogen) atoms. The number of carbonyl (C=O) groups is 2. The second kappa shape index (κ2) is 5.41. The number of amides is 1. The topological polar surface area (TPSA) is 104 Å². The molecule has 0 spiro atoms. The van der Waals surface area contributed by atoms with E-state index in [1.807, 2.05) is 12.1 Å². The Hall–Kier alpha value is -3.29. The molecule has 0 atom stereocenters. The van der Waals surface area contributed by atoms with E-state index in [1.165, 1.54) is 23.3 Å². The number of nitrogens with zero attached hydrogens (tertiary/aromatic N) is 3. The number of benzene rings is 1. The smallest absolute Gasteiger partial charge is 0.323 e. The van der Waals surface area contributed by atoms with Crippen molar-refractivity contribution in [3.05, 3.63) is 46.2 Å². The number of fused-ring (bicyclic) bond motifs is 3. The van der Waals surface area contributed by atoms with E-state index in [-0.39, 0.29) is 0 Å². The van der Waals surface area contributed by atoms with Gasteiger partial charge in [0, 0.05) is 19.5 Å². The number of aromatic nitrogens is 2. The molecule has 0 unspecified atom stereocenters. The highest BCUT2D eigenvalue weighted by Gasteiger charge is 2.25. The summed E-state index contributed by atoms with van der Waals surface area (Å²) in [5.74, 6) is -2.52. The van der Waals surface area contributed by atoms with E-state index >= 15 is 0 Å². The maximum absolute atomic E-state index is 12.6. The minimum absolute atomic E-state index is 0.297. The van der Waals surface area contributed by atoms with Gasteiger partial charge in [-0.25, -0.2) is 9.20 Å². The van der Waals surface area contributed by atoms with Crippen molar-refractivity contribution in [2.75, 3.05) is 13.6 Å². The number of carboxylic acids is 1. The molecule has 8 heteroatoms.